The van der Waals surface area contributed by atoms with Gasteiger partial charge in [-0.3, -0.25) is 0 Å². The number of nitrogens with zero attached hydrogens (tertiary/aromatic N) is 1. The van der Waals surface area contributed by atoms with Crippen LogP contribution in [0.1, 0.15) is 29.6 Å². The molecular weight excluding hydrogens is 232 g/mol. The van der Waals surface area contributed by atoms with Gasteiger partial charge >= 0.3 is 5.97 Å². The van der Waals surface area contributed by atoms with Crippen LogP contribution in [0, 0.1) is 16.7 Å². The molecule has 0 atom stereocenters. The lowest BCUT2D eigenvalue weighted by Crippen LogP contribution is -2.14. The third-order valence-electron chi connectivity index (χ3n) is 3.18. The zero-order valence-corrected chi connectivity index (χ0v) is 9.85. The quantitative estimate of drug-likeness (QED) is 0.775. The number of aromatic carboxylic acids is 1. The number of nitriles is 1. The molecule has 0 saturated heterocycles. The summed E-state index contributed by atoms with van der Waals surface area (Å²) in [6, 6.07) is 6.67. The molecule has 3 N–H and O–H groups in total. The Bertz CT molecular complexity index is 515. The summed E-state index contributed by atoms with van der Waals surface area (Å²) < 4.78 is 5.55. The van der Waals surface area contributed by atoms with Crippen LogP contribution in [-0.4, -0.2) is 17.7 Å². The standard InChI is InChI=1S/C13H14N2O3/c14-6-5-13(3-4-13)8-18-11-2-1-9(15)7-10(11)12(16)17/h1-2,7H,3-5,8,15H2,(H,16,17). The van der Waals surface area contributed by atoms with Gasteiger partial charge in [0, 0.05) is 17.5 Å². The third-order valence-corrected chi connectivity index (χ3v) is 3.18. The van der Waals surface area contributed by atoms with Gasteiger partial charge in [-0.2, -0.15) is 5.26 Å². The van der Waals surface area contributed by atoms with Gasteiger partial charge in [0.05, 0.1) is 12.7 Å². The Morgan fingerprint density at radius 2 is 2.28 bits per heavy atom. The van der Waals surface area contributed by atoms with E-state index < -0.39 is 5.97 Å². The number of nitrogen functional groups attached to an aromatic ring is 1. The highest BCUT2D eigenvalue weighted by Gasteiger charge is 2.43. The molecule has 0 aliphatic heterocycles. The summed E-state index contributed by atoms with van der Waals surface area (Å²) >= 11 is 0. The Labute approximate surface area is 105 Å². The van der Waals surface area contributed by atoms with Gasteiger partial charge in [-0.25, -0.2) is 4.79 Å². The third kappa shape index (κ3) is 2.54. The summed E-state index contributed by atoms with van der Waals surface area (Å²) in [5.74, 6) is -0.761. The average molecular weight is 246 g/mol. The highest BCUT2D eigenvalue weighted by Crippen LogP contribution is 2.48. The molecule has 2 rings (SSSR count). The zero-order valence-electron chi connectivity index (χ0n) is 9.85. The number of anilines is 1. The fourth-order valence-electron chi connectivity index (χ4n) is 1.79. The first-order valence-electron chi connectivity index (χ1n) is 5.69. The van der Waals surface area contributed by atoms with Crippen LogP contribution in [0.3, 0.4) is 0 Å². The van der Waals surface area contributed by atoms with Crippen LogP contribution >= 0.6 is 0 Å². The van der Waals surface area contributed by atoms with E-state index >= 15 is 0 Å². The minimum Gasteiger partial charge on any atom is -0.492 e. The molecule has 1 aliphatic rings. The minimum atomic E-state index is -1.07. The molecule has 1 aliphatic carbocycles. The topological polar surface area (TPSA) is 96.3 Å². The summed E-state index contributed by atoms with van der Waals surface area (Å²) in [6.07, 6.45) is 2.36. The van der Waals surface area contributed by atoms with Crippen molar-refractivity contribution in [2.24, 2.45) is 5.41 Å². The number of nitrogens with two attached hydrogens (primary N) is 1. The molecule has 0 bridgehead atoms. The van der Waals surface area contributed by atoms with Gasteiger partial charge in [-0.15, -0.1) is 0 Å². The van der Waals surface area contributed by atoms with Gasteiger partial charge in [-0.1, -0.05) is 0 Å². The first kappa shape index (κ1) is 12.2. The van der Waals surface area contributed by atoms with Gasteiger partial charge < -0.3 is 15.6 Å². The van der Waals surface area contributed by atoms with E-state index in [1.54, 1.807) is 12.1 Å². The molecule has 5 heteroatoms. The van der Waals surface area contributed by atoms with Crippen molar-refractivity contribution in [2.45, 2.75) is 19.3 Å². The lowest BCUT2D eigenvalue weighted by molar-refractivity contribution is 0.0691. The lowest BCUT2D eigenvalue weighted by Gasteiger charge is -2.14. The second-order valence-electron chi connectivity index (χ2n) is 4.68. The van der Waals surface area contributed by atoms with Crippen LogP contribution < -0.4 is 10.5 Å². The molecule has 1 fully saturated rings. The van der Waals surface area contributed by atoms with E-state index in [0.29, 0.717) is 24.5 Å². The number of ether oxygens (including phenoxy) is 1. The van der Waals surface area contributed by atoms with Crippen molar-refractivity contribution in [3.8, 4) is 11.8 Å². The number of benzene rings is 1. The second kappa shape index (κ2) is 4.57. The summed E-state index contributed by atoms with van der Waals surface area (Å²) in [4.78, 5) is 11.1. The Hall–Kier alpha value is -2.22. The van der Waals surface area contributed by atoms with Crippen molar-refractivity contribution in [1.82, 2.24) is 0 Å². The van der Waals surface area contributed by atoms with Crippen molar-refractivity contribution in [2.75, 3.05) is 12.3 Å². The zero-order chi connectivity index (χ0) is 13.2. The van der Waals surface area contributed by atoms with Crippen LogP contribution in [0.15, 0.2) is 18.2 Å². The molecule has 1 saturated carbocycles. The molecule has 0 spiro atoms. The Morgan fingerprint density at radius 3 is 2.83 bits per heavy atom. The number of carboxylic acids is 1. The van der Waals surface area contributed by atoms with Gasteiger partial charge in [-0.05, 0) is 31.0 Å². The van der Waals surface area contributed by atoms with Gasteiger partial charge in [0.1, 0.15) is 11.3 Å². The molecule has 0 aromatic heterocycles. The smallest absolute Gasteiger partial charge is 0.339 e. The molecule has 0 amide bonds. The molecule has 0 unspecified atom stereocenters. The van der Waals surface area contributed by atoms with E-state index in [0.717, 1.165) is 12.8 Å². The number of hydrogen-bond acceptors (Lipinski definition) is 4. The highest BCUT2D eigenvalue weighted by molar-refractivity contribution is 5.92. The molecule has 5 nitrogen and oxygen atoms in total. The monoisotopic (exact) mass is 246 g/mol. The van der Waals surface area contributed by atoms with Crippen molar-refractivity contribution < 1.29 is 14.6 Å². The Balaban J connectivity index is 2.10. The van der Waals surface area contributed by atoms with E-state index in [-0.39, 0.29) is 11.0 Å². The minimum absolute atomic E-state index is 0.0581. The first-order chi connectivity index (χ1) is 8.56. The van der Waals surface area contributed by atoms with Crippen molar-refractivity contribution in [3.05, 3.63) is 23.8 Å². The van der Waals surface area contributed by atoms with Crippen LogP contribution in [-0.2, 0) is 0 Å². The van der Waals surface area contributed by atoms with Gasteiger partial charge in [0.15, 0.2) is 0 Å². The molecule has 0 radical (unpaired) electrons. The van der Waals surface area contributed by atoms with Crippen LogP contribution in [0.2, 0.25) is 0 Å². The summed E-state index contributed by atoms with van der Waals surface area (Å²) in [5.41, 5.74) is 5.91. The number of rotatable bonds is 5. The number of hydrogen-bond donors (Lipinski definition) is 2. The van der Waals surface area contributed by atoms with Crippen molar-refractivity contribution >= 4 is 11.7 Å². The Kier molecular flexibility index (Phi) is 3.11. The van der Waals surface area contributed by atoms with E-state index in [4.69, 9.17) is 20.8 Å². The van der Waals surface area contributed by atoms with Crippen molar-refractivity contribution in [3.63, 3.8) is 0 Å². The van der Waals surface area contributed by atoms with Crippen LogP contribution in [0.25, 0.3) is 0 Å². The van der Waals surface area contributed by atoms with E-state index in [1.807, 2.05) is 0 Å². The largest absolute Gasteiger partial charge is 0.492 e. The first-order valence-corrected chi connectivity index (χ1v) is 5.69. The fraction of sp³-hybridized carbons (Fsp3) is 0.385. The van der Waals surface area contributed by atoms with E-state index in [1.165, 1.54) is 6.07 Å². The van der Waals surface area contributed by atoms with Crippen LogP contribution in [0.5, 0.6) is 5.75 Å². The summed E-state index contributed by atoms with van der Waals surface area (Å²) in [6.45, 7) is 0.380. The predicted octanol–water partition coefficient (Wildman–Crippen LogP) is 2.04. The molecular formula is C13H14N2O3. The van der Waals surface area contributed by atoms with E-state index in [9.17, 15) is 4.79 Å². The molecule has 94 valence electrons. The maximum absolute atomic E-state index is 11.1. The summed E-state index contributed by atoms with van der Waals surface area (Å²) in [5, 5.41) is 17.8. The van der Waals surface area contributed by atoms with E-state index in [2.05, 4.69) is 6.07 Å². The van der Waals surface area contributed by atoms with Crippen LogP contribution in [0.4, 0.5) is 5.69 Å². The number of carbonyl (C=O) groups is 1. The second-order valence-corrected chi connectivity index (χ2v) is 4.68. The Morgan fingerprint density at radius 1 is 1.56 bits per heavy atom. The molecule has 18 heavy (non-hydrogen) atoms. The maximum Gasteiger partial charge on any atom is 0.339 e. The fourth-order valence-corrected chi connectivity index (χ4v) is 1.79. The SMILES string of the molecule is N#CCC1(COc2ccc(N)cc2C(=O)O)CC1. The van der Waals surface area contributed by atoms with Crippen molar-refractivity contribution in [1.29, 1.82) is 5.26 Å². The maximum atomic E-state index is 11.1. The van der Waals surface area contributed by atoms with Gasteiger partial charge in [0.2, 0.25) is 0 Å². The summed E-state index contributed by atoms with van der Waals surface area (Å²) in [7, 11) is 0. The molecule has 0 heterocycles. The molecule has 1 aromatic carbocycles. The van der Waals surface area contributed by atoms with Gasteiger partial charge in [0.25, 0.3) is 0 Å². The lowest BCUT2D eigenvalue weighted by atomic mass is 10.1. The number of carboxylic acid groups (broad SMARTS) is 1. The average Bonchev–Trinajstić information content (AvgIpc) is 3.08. The predicted molar refractivity (Wildman–Crippen MR) is 65.2 cm³/mol. The highest BCUT2D eigenvalue weighted by atomic mass is 16.5. The molecule has 1 aromatic rings. The normalized spacial score (nSPS) is 15.7.